The van der Waals surface area contributed by atoms with Crippen LogP contribution in [0.2, 0.25) is 0 Å². The van der Waals surface area contributed by atoms with Crippen molar-refractivity contribution in [3.63, 3.8) is 0 Å². The molecule has 0 heterocycles. The lowest BCUT2D eigenvalue weighted by molar-refractivity contribution is 0.628. The Labute approximate surface area is 239 Å². The summed E-state index contributed by atoms with van der Waals surface area (Å²) in [5, 5.41) is 7.61. The Bertz CT molecular complexity index is 2120. The van der Waals surface area contributed by atoms with Crippen molar-refractivity contribution in [2.45, 2.75) is 19.3 Å². The van der Waals surface area contributed by atoms with E-state index in [4.69, 9.17) is 0 Å². The fraction of sp³-hybridized carbons (Fsp3) is 0.0769. The van der Waals surface area contributed by atoms with E-state index in [1.54, 1.807) is 0 Å². The fourth-order valence-corrected chi connectivity index (χ4v) is 7.04. The van der Waals surface area contributed by atoms with Crippen molar-refractivity contribution in [2.24, 2.45) is 0 Å². The maximum Gasteiger partial charge on any atom is 0.123 e. The van der Waals surface area contributed by atoms with Gasteiger partial charge in [-0.2, -0.15) is 0 Å². The molecule has 0 amide bonds. The first kappa shape index (κ1) is 23.9. The molecule has 1 aliphatic rings. The molecule has 0 atom stereocenters. The average Bonchev–Trinajstić information content (AvgIpc) is 3.26. The Balaban J connectivity index is 1.46. The number of fused-ring (bicyclic) bond motifs is 10. The minimum atomic E-state index is -0.240. The Hall–Kier alpha value is -4.95. The normalized spacial score (nSPS) is 13.4. The van der Waals surface area contributed by atoms with Gasteiger partial charge in [0.15, 0.2) is 0 Å². The molecule has 0 spiro atoms. The third-order valence-electron chi connectivity index (χ3n) is 8.84. The van der Waals surface area contributed by atoms with Gasteiger partial charge in [0.25, 0.3) is 0 Å². The van der Waals surface area contributed by atoms with E-state index in [0.29, 0.717) is 0 Å². The standard InChI is InChI=1S/C39H28FN/c1-39(2)35-23-16-25-10-6-7-13-30(25)36(35)37-32-15-9-8-14-31(32)34-24-29(21-22-33(34)38(37)39)41(27-11-4-3-5-12-27)28-19-17-26(40)18-20-28/h3-24H,1-2H3. The van der Waals surface area contributed by atoms with Gasteiger partial charge in [-0.1, -0.05) is 98.8 Å². The maximum atomic E-state index is 13.9. The SMILES string of the molecule is CC1(C)c2ccc3ccccc3c2-c2c1c1ccc(N(c3ccccc3)c3ccc(F)cc3)cc1c1ccccc21. The molecule has 0 saturated carbocycles. The van der Waals surface area contributed by atoms with Crippen molar-refractivity contribution in [3.05, 3.63) is 150 Å². The fourth-order valence-electron chi connectivity index (χ4n) is 7.04. The summed E-state index contributed by atoms with van der Waals surface area (Å²) < 4.78 is 13.9. The van der Waals surface area contributed by atoms with Gasteiger partial charge >= 0.3 is 0 Å². The molecule has 0 fully saturated rings. The zero-order chi connectivity index (χ0) is 27.7. The molecular weight excluding hydrogens is 501 g/mol. The van der Waals surface area contributed by atoms with Gasteiger partial charge in [0.1, 0.15) is 5.82 Å². The summed E-state index contributed by atoms with van der Waals surface area (Å²) in [6, 6.07) is 46.0. The van der Waals surface area contributed by atoms with Gasteiger partial charge in [-0.3, -0.25) is 0 Å². The summed E-state index contributed by atoms with van der Waals surface area (Å²) in [6.07, 6.45) is 0. The van der Waals surface area contributed by atoms with Gasteiger partial charge in [-0.25, -0.2) is 4.39 Å². The molecule has 0 bridgehead atoms. The van der Waals surface area contributed by atoms with E-state index in [0.717, 1.165) is 17.1 Å². The Morgan fingerprint density at radius 1 is 0.488 bits per heavy atom. The molecule has 1 aliphatic carbocycles. The highest BCUT2D eigenvalue weighted by atomic mass is 19.1. The smallest absolute Gasteiger partial charge is 0.123 e. The van der Waals surface area contributed by atoms with Gasteiger partial charge in [0.05, 0.1) is 0 Å². The first-order valence-electron chi connectivity index (χ1n) is 14.1. The third-order valence-corrected chi connectivity index (χ3v) is 8.84. The molecular formula is C39H28FN. The van der Waals surface area contributed by atoms with E-state index in [1.807, 2.05) is 30.3 Å². The number of rotatable bonds is 3. The van der Waals surface area contributed by atoms with Crippen molar-refractivity contribution in [1.29, 1.82) is 0 Å². The summed E-state index contributed by atoms with van der Waals surface area (Å²) in [5.74, 6) is -0.240. The first-order valence-corrected chi connectivity index (χ1v) is 14.1. The monoisotopic (exact) mass is 529 g/mol. The van der Waals surface area contributed by atoms with Crippen LogP contribution in [0.5, 0.6) is 0 Å². The lowest BCUT2D eigenvalue weighted by Gasteiger charge is -2.27. The third kappa shape index (κ3) is 3.47. The maximum absolute atomic E-state index is 13.9. The van der Waals surface area contributed by atoms with E-state index >= 15 is 0 Å². The van der Waals surface area contributed by atoms with Crippen molar-refractivity contribution >= 4 is 49.4 Å². The van der Waals surface area contributed by atoms with Gasteiger partial charge < -0.3 is 4.90 Å². The molecule has 7 aromatic rings. The van der Waals surface area contributed by atoms with Crippen LogP contribution in [0.4, 0.5) is 21.5 Å². The van der Waals surface area contributed by atoms with Gasteiger partial charge in [0, 0.05) is 22.5 Å². The Kier molecular flexibility index (Phi) is 5.11. The van der Waals surface area contributed by atoms with Crippen LogP contribution >= 0.6 is 0 Å². The molecule has 0 aromatic heterocycles. The second-order valence-electron chi connectivity index (χ2n) is 11.5. The Morgan fingerprint density at radius 2 is 1.12 bits per heavy atom. The predicted octanol–water partition coefficient (Wildman–Crippen LogP) is 11.1. The Morgan fingerprint density at radius 3 is 1.90 bits per heavy atom. The zero-order valence-electron chi connectivity index (χ0n) is 23.0. The number of halogens is 1. The van der Waals surface area contributed by atoms with E-state index in [2.05, 4.69) is 110 Å². The molecule has 1 nitrogen and oxygen atoms in total. The van der Waals surface area contributed by atoms with E-state index < -0.39 is 0 Å². The molecule has 0 saturated heterocycles. The number of para-hydroxylation sites is 1. The summed E-state index contributed by atoms with van der Waals surface area (Å²) in [7, 11) is 0. The summed E-state index contributed by atoms with van der Waals surface area (Å²) in [4.78, 5) is 2.20. The molecule has 0 radical (unpaired) electrons. The quantitative estimate of drug-likeness (QED) is 0.206. The largest absolute Gasteiger partial charge is 0.310 e. The number of hydrogen-bond donors (Lipinski definition) is 0. The molecule has 0 unspecified atom stereocenters. The van der Waals surface area contributed by atoms with Gasteiger partial charge in [0.2, 0.25) is 0 Å². The zero-order valence-corrected chi connectivity index (χ0v) is 23.0. The lowest BCUT2D eigenvalue weighted by Crippen LogP contribution is -2.16. The van der Waals surface area contributed by atoms with Crippen LogP contribution < -0.4 is 4.90 Å². The number of hydrogen-bond acceptors (Lipinski definition) is 1. The summed E-state index contributed by atoms with van der Waals surface area (Å²) in [5.41, 5.74) is 8.32. The van der Waals surface area contributed by atoms with Crippen LogP contribution in [-0.4, -0.2) is 0 Å². The van der Waals surface area contributed by atoms with Crippen molar-refractivity contribution in [1.82, 2.24) is 0 Å². The van der Waals surface area contributed by atoms with Gasteiger partial charge in [-0.15, -0.1) is 0 Å². The van der Waals surface area contributed by atoms with E-state index in [1.165, 1.54) is 66.7 Å². The second kappa shape index (κ2) is 8.78. The van der Waals surface area contributed by atoms with Crippen LogP contribution in [-0.2, 0) is 5.41 Å². The second-order valence-corrected chi connectivity index (χ2v) is 11.5. The minimum Gasteiger partial charge on any atom is -0.310 e. The van der Waals surface area contributed by atoms with E-state index in [-0.39, 0.29) is 11.2 Å². The molecule has 0 N–H and O–H groups in total. The summed E-state index contributed by atoms with van der Waals surface area (Å²) in [6.45, 7) is 4.73. The first-order chi connectivity index (χ1) is 20.0. The highest BCUT2D eigenvalue weighted by Crippen LogP contribution is 2.56. The molecule has 196 valence electrons. The van der Waals surface area contributed by atoms with Gasteiger partial charge in [-0.05, 0) is 103 Å². The molecule has 41 heavy (non-hydrogen) atoms. The van der Waals surface area contributed by atoms with Crippen molar-refractivity contribution in [3.8, 4) is 11.1 Å². The summed E-state index contributed by atoms with van der Waals surface area (Å²) >= 11 is 0. The molecule has 0 aliphatic heterocycles. The topological polar surface area (TPSA) is 3.24 Å². The highest BCUT2D eigenvalue weighted by Gasteiger charge is 2.39. The molecule has 2 heteroatoms. The number of benzene rings is 7. The van der Waals surface area contributed by atoms with Crippen LogP contribution in [0.15, 0.2) is 133 Å². The van der Waals surface area contributed by atoms with Crippen molar-refractivity contribution < 1.29 is 4.39 Å². The lowest BCUT2D eigenvalue weighted by atomic mass is 9.79. The highest BCUT2D eigenvalue weighted by molar-refractivity contribution is 6.21. The number of nitrogens with zero attached hydrogens (tertiary/aromatic N) is 1. The van der Waals surface area contributed by atoms with Crippen LogP contribution in [0, 0.1) is 5.82 Å². The van der Waals surface area contributed by atoms with Crippen LogP contribution in [0.1, 0.15) is 25.0 Å². The average molecular weight is 530 g/mol. The minimum absolute atomic E-state index is 0.158. The number of anilines is 3. The molecule has 7 aromatic carbocycles. The molecule has 8 rings (SSSR count). The van der Waals surface area contributed by atoms with Crippen molar-refractivity contribution in [2.75, 3.05) is 4.90 Å². The van der Waals surface area contributed by atoms with Crippen LogP contribution in [0.25, 0.3) is 43.4 Å². The predicted molar refractivity (Wildman–Crippen MR) is 171 cm³/mol. The van der Waals surface area contributed by atoms with E-state index in [9.17, 15) is 4.39 Å². The van der Waals surface area contributed by atoms with Crippen LogP contribution in [0.3, 0.4) is 0 Å².